The molecule has 0 fully saturated rings. The second kappa shape index (κ2) is 7.44. The van der Waals surface area contributed by atoms with Crippen molar-refractivity contribution >= 4 is 12.2 Å². The van der Waals surface area contributed by atoms with Crippen LogP contribution in [0.3, 0.4) is 0 Å². The first-order chi connectivity index (χ1) is 9.48. The topological polar surface area (TPSA) is 62.5 Å². The number of carbonyl (C=O) groups excluding carboxylic acids is 1. The summed E-state index contributed by atoms with van der Waals surface area (Å²) in [4.78, 5) is 16.5. The Labute approximate surface area is 120 Å². The minimum atomic E-state index is -1.02. The van der Waals surface area contributed by atoms with Gasteiger partial charge in [0.25, 0.3) is 0 Å². The molecule has 0 N–H and O–H groups in total. The minimum absolute atomic E-state index is 0.198. The Balaban J connectivity index is 2.91. The lowest BCUT2D eigenvalue weighted by atomic mass is 9.97. The number of benzene rings is 1. The highest BCUT2D eigenvalue weighted by Gasteiger charge is 2.34. The third-order valence-corrected chi connectivity index (χ3v) is 2.80. The maximum atomic E-state index is 12.2. The summed E-state index contributed by atoms with van der Waals surface area (Å²) >= 11 is 0. The molecule has 4 nitrogen and oxygen atoms in total. The van der Waals surface area contributed by atoms with E-state index in [-0.39, 0.29) is 12.5 Å². The Hall–Kier alpha value is -2.15. The van der Waals surface area contributed by atoms with Crippen molar-refractivity contribution in [3.63, 3.8) is 0 Å². The van der Waals surface area contributed by atoms with Crippen molar-refractivity contribution in [1.82, 2.24) is 0 Å². The molecular weight excluding hydrogens is 252 g/mol. The first kappa shape index (κ1) is 15.9. The molecule has 1 rings (SSSR count). The fourth-order valence-electron chi connectivity index (χ4n) is 1.62. The van der Waals surface area contributed by atoms with E-state index >= 15 is 0 Å². The van der Waals surface area contributed by atoms with Crippen LogP contribution in [-0.4, -0.2) is 23.8 Å². The zero-order valence-corrected chi connectivity index (χ0v) is 12.2. The molecule has 0 saturated heterocycles. The van der Waals surface area contributed by atoms with Crippen molar-refractivity contribution < 1.29 is 9.53 Å². The van der Waals surface area contributed by atoms with Gasteiger partial charge in [-0.05, 0) is 32.8 Å². The average molecular weight is 272 g/mol. The zero-order chi connectivity index (χ0) is 15.0. The molecule has 0 spiro atoms. The minimum Gasteiger partial charge on any atom is -0.461 e. The SMILES string of the molecule is CC(C)OC(=O)C(C)(CCC#N)N=Cc1ccccc1. The Morgan fingerprint density at radius 2 is 2.10 bits per heavy atom. The van der Waals surface area contributed by atoms with Crippen LogP contribution in [-0.2, 0) is 9.53 Å². The van der Waals surface area contributed by atoms with E-state index < -0.39 is 11.5 Å². The van der Waals surface area contributed by atoms with Crippen molar-refractivity contribution in [2.45, 2.75) is 45.3 Å². The molecule has 1 aromatic carbocycles. The van der Waals surface area contributed by atoms with Crippen molar-refractivity contribution in [3.8, 4) is 6.07 Å². The highest BCUT2D eigenvalue weighted by Crippen LogP contribution is 2.20. The molecule has 1 atom stereocenters. The molecule has 0 saturated carbocycles. The molecule has 20 heavy (non-hydrogen) atoms. The normalized spacial score (nSPS) is 13.9. The van der Waals surface area contributed by atoms with E-state index in [0.717, 1.165) is 5.56 Å². The monoisotopic (exact) mass is 272 g/mol. The van der Waals surface area contributed by atoms with E-state index in [4.69, 9.17) is 10.00 Å². The van der Waals surface area contributed by atoms with Crippen molar-refractivity contribution in [3.05, 3.63) is 35.9 Å². The quantitative estimate of drug-likeness (QED) is 0.590. The number of esters is 1. The molecule has 0 heterocycles. The molecule has 0 aliphatic carbocycles. The first-order valence-electron chi connectivity index (χ1n) is 6.66. The largest absolute Gasteiger partial charge is 0.461 e. The molecule has 0 aliphatic rings. The lowest BCUT2D eigenvalue weighted by Crippen LogP contribution is -2.36. The van der Waals surface area contributed by atoms with E-state index in [1.807, 2.05) is 36.4 Å². The van der Waals surface area contributed by atoms with Crippen LogP contribution in [0.5, 0.6) is 0 Å². The van der Waals surface area contributed by atoms with E-state index in [9.17, 15) is 4.79 Å². The van der Waals surface area contributed by atoms with Crippen molar-refractivity contribution in [1.29, 1.82) is 5.26 Å². The molecule has 1 aromatic rings. The number of hydrogen-bond acceptors (Lipinski definition) is 4. The lowest BCUT2D eigenvalue weighted by Gasteiger charge is -2.23. The summed E-state index contributed by atoms with van der Waals surface area (Å²) < 4.78 is 5.24. The van der Waals surface area contributed by atoms with Gasteiger partial charge in [-0.15, -0.1) is 0 Å². The highest BCUT2D eigenvalue weighted by atomic mass is 16.5. The molecule has 0 radical (unpaired) electrons. The van der Waals surface area contributed by atoms with Gasteiger partial charge in [0.05, 0.1) is 12.2 Å². The van der Waals surface area contributed by atoms with Gasteiger partial charge in [0, 0.05) is 12.6 Å². The van der Waals surface area contributed by atoms with E-state index in [2.05, 4.69) is 4.99 Å². The van der Waals surface area contributed by atoms with Gasteiger partial charge >= 0.3 is 5.97 Å². The van der Waals surface area contributed by atoms with E-state index in [1.54, 1.807) is 27.0 Å². The van der Waals surface area contributed by atoms with Crippen molar-refractivity contribution in [2.75, 3.05) is 0 Å². The second-order valence-corrected chi connectivity index (χ2v) is 5.05. The van der Waals surface area contributed by atoms with Crippen LogP contribution in [0, 0.1) is 11.3 Å². The van der Waals surface area contributed by atoms with Gasteiger partial charge in [-0.25, -0.2) is 4.79 Å². The summed E-state index contributed by atoms with van der Waals surface area (Å²) in [5, 5.41) is 8.72. The van der Waals surface area contributed by atoms with Gasteiger partial charge in [0.1, 0.15) is 0 Å². The molecule has 4 heteroatoms. The number of rotatable bonds is 6. The maximum absolute atomic E-state index is 12.2. The van der Waals surface area contributed by atoms with Crippen LogP contribution in [0.15, 0.2) is 35.3 Å². The number of nitriles is 1. The fourth-order valence-corrected chi connectivity index (χ4v) is 1.62. The summed E-state index contributed by atoms with van der Waals surface area (Å²) in [6, 6.07) is 11.6. The summed E-state index contributed by atoms with van der Waals surface area (Å²) in [5.41, 5.74) is -0.108. The predicted octanol–water partition coefficient (Wildman–Crippen LogP) is 3.12. The summed E-state index contributed by atoms with van der Waals surface area (Å²) in [6.07, 6.45) is 2.06. The molecule has 0 aliphatic heterocycles. The molecular formula is C16H20N2O2. The van der Waals surface area contributed by atoms with Gasteiger partial charge in [0.15, 0.2) is 5.54 Å². The Morgan fingerprint density at radius 1 is 1.45 bits per heavy atom. The summed E-state index contributed by atoms with van der Waals surface area (Å²) in [6.45, 7) is 5.29. The lowest BCUT2D eigenvalue weighted by molar-refractivity contribution is -0.153. The van der Waals surface area contributed by atoms with Gasteiger partial charge in [-0.1, -0.05) is 30.3 Å². The Kier molecular flexibility index (Phi) is 5.92. The second-order valence-electron chi connectivity index (χ2n) is 5.05. The molecule has 0 amide bonds. The Morgan fingerprint density at radius 3 is 2.65 bits per heavy atom. The number of aliphatic imine (C=N–C) groups is 1. The third-order valence-electron chi connectivity index (χ3n) is 2.80. The first-order valence-corrected chi connectivity index (χ1v) is 6.66. The van der Waals surface area contributed by atoms with E-state index in [1.165, 1.54) is 0 Å². The Bertz CT molecular complexity index is 503. The fraction of sp³-hybridized carbons (Fsp3) is 0.438. The van der Waals surface area contributed by atoms with Crippen LogP contribution in [0.25, 0.3) is 0 Å². The molecule has 0 aromatic heterocycles. The molecule has 1 unspecified atom stereocenters. The maximum Gasteiger partial charge on any atom is 0.334 e. The van der Waals surface area contributed by atoms with Crippen LogP contribution in [0.2, 0.25) is 0 Å². The van der Waals surface area contributed by atoms with Crippen LogP contribution >= 0.6 is 0 Å². The molecule has 106 valence electrons. The van der Waals surface area contributed by atoms with Crippen LogP contribution in [0.4, 0.5) is 0 Å². The molecule has 0 bridgehead atoms. The highest BCUT2D eigenvalue weighted by molar-refractivity contribution is 5.86. The van der Waals surface area contributed by atoms with E-state index in [0.29, 0.717) is 6.42 Å². The van der Waals surface area contributed by atoms with Gasteiger partial charge < -0.3 is 4.74 Å². The summed E-state index contributed by atoms with van der Waals surface area (Å²) in [5.74, 6) is -0.394. The number of nitrogens with zero attached hydrogens (tertiary/aromatic N) is 2. The number of carbonyl (C=O) groups is 1. The predicted molar refractivity (Wildman–Crippen MR) is 78.5 cm³/mol. The number of hydrogen-bond donors (Lipinski definition) is 0. The van der Waals surface area contributed by atoms with Crippen molar-refractivity contribution in [2.24, 2.45) is 4.99 Å². The number of ether oxygens (including phenoxy) is 1. The smallest absolute Gasteiger partial charge is 0.334 e. The average Bonchev–Trinajstić information content (AvgIpc) is 2.43. The zero-order valence-electron chi connectivity index (χ0n) is 12.2. The van der Waals surface area contributed by atoms with Crippen LogP contribution in [0.1, 0.15) is 39.2 Å². The van der Waals surface area contributed by atoms with Gasteiger partial charge in [-0.3, -0.25) is 4.99 Å². The van der Waals surface area contributed by atoms with Gasteiger partial charge in [0.2, 0.25) is 0 Å². The third kappa shape index (κ3) is 4.85. The van der Waals surface area contributed by atoms with Crippen LogP contribution < -0.4 is 0 Å². The standard InChI is InChI=1S/C16H20N2O2/c1-13(2)20-15(19)16(3,10-7-11-17)18-12-14-8-5-4-6-9-14/h4-6,8-9,12-13H,7,10H2,1-3H3. The van der Waals surface area contributed by atoms with Gasteiger partial charge in [-0.2, -0.15) is 5.26 Å². The summed E-state index contributed by atoms with van der Waals surface area (Å²) in [7, 11) is 0.